The van der Waals surface area contributed by atoms with E-state index < -0.39 is 12.0 Å². The molecule has 2 aromatic rings. The summed E-state index contributed by atoms with van der Waals surface area (Å²) in [5, 5.41) is 3.85. The number of hydrogen-bond donors (Lipinski definition) is 2. The second-order valence-electron chi connectivity index (χ2n) is 7.00. The maximum atomic E-state index is 12.5. The molecule has 0 unspecified atom stereocenters. The fraction of sp³-hybridized carbons (Fsp3) is 0.579. The number of nitrogens with zero attached hydrogens (tertiary/aromatic N) is 1. The van der Waals surface area contributed by atoms with E-state index in [4.69, 9.17) is 4.74 Å². The van der Waals surface area contributed by atoms with E-state index in [1.54, 1.807) is 11.3 Å². The van der Waals surface area contributed by atoms with Gasteiger partial charge in [0.1, 0.15) is 10.9 Å². The van der Waals surface area contributed by atoms with Crippen molar-refractivity contribution in [3.63, 3.8) is 0 Å². The quantitative estimate of drug-likeness (QED) is 0.403. The smallest absolute Gasteiger partial charge is 0.328 e. The highest BCUT2D eigenvalue weighted by molar-refractivity contribution is 7.99. The standard InChI is InChI=1S/C19H25N3O4S2/c1-4-10(2)15(18(25)26-3)20-13(23)9-27-19-21-16(24)14-11-7-5-6-8-12(11)28-17(14)22-19/h10,15H,4-9H2,1-3H3,(H,20,23)(H,21,22,24)/t10-,15-/m0/s1. The Morgan fingerprint density at radius 3 is 2.82 bits per heavy atom. The summed E-state index contributed by atoms with van der Waals surface area (Å²) in [4.78, 5) is 46.1. The van der Waals surface area contributed by atoms with Crippen LogP contribution < -0.4 is 10.9 Å². The normalized spacial score (nSPS) is 15.7. The first kappa shape index (κ1) is 20.9. The number of thiophene rings is 1. The summed E-state index contributed by atoms with van der Waals surface area (Å²) in [7, 11) is 1.31. The van der Waals surface area contributed by atoms with Gasteiger partial charge in [-0.05, 0) is 37.2 Å². The van der Waals surface area contributed by atoms with Crippen molar-refractivity contribution >= 4 is 45.2 Å². The predicted octanol–water partition coefficient (Wildman–Crippen LogP) is 2.66. The molecule has 1 amide bonds. The van der Waals surface area contributed by atoms with Crippen LogP contribution >= 0.6 is 23.1 Å². The molecule has 2 heterocycles. The highest BCUT2D eigenvalue weighted by atomic mass is 32.2. The number of aryl methyl sites for hydroxylation is 2. The highest BCUT2D eigenvalue weighted by Gasteiger charge is 2.27. The minimum Gasteiger partial charge on any atom is -0.467 e. The van der Waals surface area contributed by atoms with E-state index in [9.17, 15) is 14.4 Å². The Morgan fingerprint density at radius 1 is 1.36 bits per heavy atom. The predicted molar refractivity (Wildman–Crippen MR) is 111 cm³/mol. The molecule has 0 saturated carbocycles. The average molecular weight is 424 g/mol. The number of esters is 1. The molecule has 9 heteroatoms. The fourth-order valence-electron chi connectivity index (χ4n) is 3.36. The third kappa shape index (κ3) is 4.41. The van der Waals surface area contributed by atoms with Gasteiger partial charge in [0.2, 0.25) is 5.91 Å². The van der Waals surface area contributed by atoms with E-state index in [-0.39, 0.29) is 23.1 Å². The molecule has 0 fully saturated rings. The molecule has 28 heavy (non-hydrogen) atoms. The molecular weight excluding hydrogens is 398 g/mol. The first-order chi connectivity index (χ1) is 13.4. The van der Waals surface area contributed by atoms with Gasteiger partial charge < -0.3 is 15.0 Å². The van der Waals surface area contributed by atoms with E-state index in [0.29, 0.717) is 10.5 Å². The molecule has 0 aromatic carbocycles. The Morgan fingerprint density at radius 2 is 2.11 bits per heavy atom. The van der Waals surface area contributed by atoms with Crippen LogP contribution in [0.4, 0.5) is 0 Å². The van der Waals surface area contributed by atoms with E-state index >= 15 is 0 Å². The molecule has 0 bridgehead atoms. The number of aromatic amines is 1. The third-order valence-corrected chi connectivity index (χ3v) is 7.19. The lowest BCUT2D eigenvalue weighted by Gasteiger charge is -2.21. The Bertz CT molecular complexity index is 937. The average Bonchev–Trinajstić information content (AvgIpc) is 3.08. The van der Waals surface area contributed by atoms with Crippen LogP contribution in [0.3, 0.4) is 0 Å². The van der Waals surface area contributed by atoms with Gasteiger partial charge in [-0.1, -0.05) is 32.0 Å². The Hall–Kier alpha value is -1.87. The number of carbonyl (C=O) groups is 2. The van der Waals surface area contributed by atoms with Crippen LogP contribution in [0.1, 0.15) is 43.6 Å². The minimum absolute atomic E-state index is 0.0341. The zero-order chi connectivity index (χ0) is 20.3. The lowest BCUT2D eigenvalue weighted by molar-refractivity contribution is -0.146. The number of fused-ring (bicyclic) bond motifs is 3. The number of methoxy groups -OCH3 is 1. The second kappa shape index (κ2) is 9.09. The largest absolute Gasteiger partial charge is 0.467 e. The zero-order valence-corrected chi connectivity index (χ0v) is 17.9. The van der Waals surface area contributed by atoms with Crippen LogP contribution in [-0.2, 0) is 27.2 Å². The van der Waals surface area contributed by atoms with Crippen molar-refractivity contribution in [2.24, 2.45) is 5.92 Å². The van der Waals surface area contributed by atoms with Gasteiger partial charge in [-0.3, -0.25) is 9.59 Å². The Balaban J connectivity index is 1.70. The summed E-state index contributed by atoms with van der Waals surface area (Å²) in [6, 6.07) is -0.679. The lowest BCUT2D eigenvalue weighted by atomic mass is 9.97. The molecule has 7 nitrogen and oxygen atoms in total. The molecule has 2 aromatic heterocycles. The summed E-state index contributed by atoms with van der Waals surface area (Å²) in [5.74, 6) is -0.726. The molecule has 0 aliphatic heterocycles. The van der Waals surface area contributed by atoms with Crippen molar-refractivity contribution in [3.8, 4) is 0 Å². The van der Waals surface area contributed by atoms with Gasteiger partial charge >= 0.3 is 5.97 Å². The van der Waals surface area contributed by atoms with E-state index in [0.717, 1.165) is 54.3 Å². The van der Waals surface area contributed by atoms with Gasteiger partial charge in [-0.25, -0.2) is 9.78 Å². The van der Waals surface area contributed by atoms with Gasteiger partial charge in [0.25, 0.3) is 5.56 Å². The SMILES string of the molecule is CC[C@H](C)[C@H](NC(=O)CSc1nc2sc3c(c2c(=O)[nH]1)CCCC3)C(=O)OC. The molecule has 0 radical (unpaired) electrons. The maximum Gasteiger partial charge on any atom is 0.328 e. The highest BCUT2D eigenvalue weighted by Crippen LogP contribution is 2.34. The van der Waals surface area contributed by atoms with Crippen LogP contribution in [0.15, 0.2) is 9.95 Å². The number of carbonyl (C=O) groups excluding carboxylic acids is 2. The molecule has 2 N–H and O–H groups in total. The molecule has 1 aliphatic rings. The molecule has 152 valence electrons. The number of nitrogens with one attached hydrogen (secondary N) is 2. The van der Waals surface area contributed by atoms with Crippen molar-refractivity contribution < 1.29 is 14.3 Å². The molecule has 0 saturated heterocycles. The fourth-order valence-corrected chi connectivity index (χ4v) is 5.35. The molecule has 0 spiro atoms. The summed E-state index contributed by atoms with van der Waals surface area (Å²) < 4.78 is 4.78. The van der Waals surface area contributed by atoms with E-state index in [1.807, 2.05) is 13.8 Å². The zero-order valence-electron chi connectivity index (χ0n) is 16.3. The van der Waals surface area contributed by atoms with Crippen LogP contribution in [-0.4, -0.2) is 40.7 Å². The van der Waals surface area contributed by atoms with Crippen molar-refractivity contribution in [1.82, 2.24) is 15.3 Å². The third-order valence-electron chi connectivity index (χ3n) is 5.13. The first-order valence-electron chi connectivity index (χ1n) is 9.49. The van der Waals surface area contributed by atoms with Crippen molar-refractivity contribution in [3.05, 3.63) is 20.8 Å². The monoisotopic (exact) mass is 423 g/mol. The van der Waals surface area contributed by atoms with Gasteiger partial charge in [0, 0.05) is 4.88 Å². The summed E-state index contributed by atoms with van der Waals surface area (Å²) in [6.45, 7) is 3.84. The summed E-state index contributed by atoms with van der Waals surface area (Å²) >= 11 is 2.74. The molecule has 3 rings (SSSR count). The van der Waals surface area contributed by atoms with E-state index in [2.05, 4.69) is 15.3 Å². The molecular formula is C19H25N3O4S2. The number of ether oxygens (including phenoxy) is 1. The molecule has 2 atom stereocenters. The Labute approximate surface area is 171 Å². The van der Waals surface area contributed by atoms with Crippen LogP contribution in [0.5, 0.6) is 0 Å². The van der Waals surface area contributed by atoms with Gasteiger partial charge in [-0.15, -0.1) is 11.3 Å². The number of amides is 1. The van der Waals surface area contributed by atoms with Crippen molar-refractivity contribution in [2.75, 3.05) is 12.9 Å². The van der Waals surface area contributed by atoms with Crippen LogP contribution in [0, 0.1) is 5.92 Å². The molecule has 1 aliphatic carbocycles. The van der Waals surface area contributed by atoms with Crippen LogP contribution in [0.25, 0.3) is 10.2 Å². The second-order valence-corrected chi connectivity index (χ2v) is 9.05. The topological polar surface area (TPSA) is 101 Å². The van der Waals surface area contributed by atoms with Gasteiger partial charge in [-0.2, -0.15) is 0 Å². The van der Waals surface area contributed by atoms with Gasteiger partial charge in [0.15, 0.2) is 5.16 Å². The maximum absolute atomic E-state index is 12.5. The van der Waals surface area contributed by atoms with Crippen molar-refractivity contribution in [1.29, 1.82) is 0 Å². The van der Waals surface area contributed by atoms with Gasteiger partial charge in [0.05, 0.1) is 18.2 Å². The Kier molecular flexibility index (Phi) is 6.77. The summed E-state index contributed by atoms with van der Waals surface area (Å²) in [6.07, 6.45) is 4.93. The summed E-state index contributed by atoms with van der Waals surface area (Å²) in [5.41, 5.74) is 1.00. The van der Waals surface area contributed by atoms with E-state index in [1.165, 1.54) is 12.0 Å². The number of H-pyrrole nitrogens is 1. The minimum atomic E-state index is -0.679. The number of thioether (sulfide) groups is 1. The van der Waals surface area contributed by atoms with Crippen molar-refractivity contribution in [2.45, 2.75) is 57.1 Å². The van der Waals surface area contributed by atoms with Crippen LogP contribution in [0.2, 0.25) is 0 Å². The lowest BCUT2D eigenvalue weighted by Crippen LogP contribution is -2.46. The number of aromatic nitrogens is 2. The number of hydrogen-bond acceptors (Lipinski definition) is 7. The number of rotatable bonds is 7. The first-order valence-corrected chi connectivity index (χ1v) is 11.3.